The number of carbonyl (C=O) groups is 1. The number of carbonyl (C=O) groups excluding carboxylic acids is 1. The van der Waals surface area contributed by atoms with Crippen LogP contribution < -0.4 is 5.32 Å². The standard InChI is InChI=1S/C26H24N6O2/c33-26(23-6-1-3-18(29-23)16-32-9-11-34-12-10-32)30-24-13-17(14-25-21(24)15-28-31-25)19-4-2-5-22-20(19)7-8-27-22/h1-8,13-15,27H,9-12,16H2,(H,28,31)(H,30,33). The zero-order valence-corrected chi connectivity index (χ0v) is 18.5. The summed E-state index contributed by atoms with van der Waals surface area (Å²) in [6, 6.07) is 17.8. The van der Waals surface area contributed by atoms with Crippen LogP contribution in [-0.4, -0.2) is 57.3 Å². The molecule has 8 heteroatoms. The van der Waals surface area contributed by atoms with Gasteiger partial charge in [-0.05, 0) is 47.5 Å². The molecule has 8 nitrogen and oxygen atoms in total. The van der Waals surface area contributed by atoms with Gasteiger partial charge in [-0.15, -0.1) is 0 Å². The molecule has 4 heterocycles. The number of fused-ring (bicyclic) bond motifs is 2. The number of anilines is 1. The van der Waals surface area contributed by atoms with E-state index in [0.717, 1.165) is 64.9 Å². The molecule has 170 valence electrons. The molecule has 1 aliphatic rings. The Morgan fingerprint density at radius 2 is 1.91 bits per heavy atom. The van der Waals surface area contributed by atoms with Gasteiger partial charge in [0.2, 0.25) is 0 Å². The number of benzene rings is 2. The quantitative estimate of drug-likeness (QED) is 0.371. The van der Waals surface area contributed by atoms with Crippen LogP contribution in [-0.2, 0) is 11.3 Å². The van der Waals surface area contributed by atoms with Crippen LogP contribution in [0.15, 0.2) is 67.0 Å². The van der Waals surface area contributed by atoms with Crippen molar-refractivity contribution in [2.45, 2.75) is 6.54 Å². The van der Waals surface area contributed by atoms with E-state index in [4.69, 9.17) is 4.74 Å². The number of amides is 1. The second kappa shape index (κ2) is 8.74. The molecule has 0 radical (unpaired) electrons. The highest BCUT2D eigenvalue weighted by molar-refractivity contribution is 6.09. The molecule has 0 atom stereocenters. The van der Waals surface area contributed by atoms with Gasteiger partial charge in [-0.1, -0.05) is 18.2 Å². The van der Waals surface area contributed by atoms with E-state index in [1.807, 2.05) is 36.5 Å². The topological polar surface area (TPSA) is 98.9 Å². The molecule has 3 N–H and O–H groups in total. The maximum Gasteiger partial charge on any atom is 0.274 e. The lowest BCUT2D eigenvalue weighted by atomic mass is 9.99. The first-order valence-corrected chi connectivity index (χ1v) is 11.4. The average Bonchev–Trinajstić information content (AvgIpc) is 3.54. The highest BCUT2D eigenvalue weighted by Crippen LogP contribution is 2.34. The van der Waals surface area contributed by atoms with Gasteiger partial charge >= 0.3 is 0 Å². The van der Waals surface area contributed by atoms with Gasteiger partial charge in [-0.25, -0.2) is 4.98 Å². The number of H-pyrrole nitrogens is 2. The number of rotatable bonds is 5. The van der Waals surface area contributed by atoms with Gasteiger partial charge in [0.05, 0.1) is 36.3 Å². The van der Waals surface area contributed by atoms with Gasteiger partial charge in [-0.3, -0.25) is 14.8 Å². The summed E-state index contributed by atoms with van der Waals surface area (Å²) >= 11 is 0. The third kappa shape index (κ3) is 3.93. The number of pyridine rings is 1. The van der Waals surface area contributed by atoms with Gasteiger partial charge < -0.3 is 15.0 Å². The van der Waals surface area contributed by atoms with Crippen molar-refractivity contribution >= 4 is 33.4 Å². The minimum atomic E-state index is -0.247. The van der Waals surface area contributed by atoms with Crippen molar-refractivity contribution in [2.24, 2.45) is 0 Å². The fourth-order valence-electron chi connectivity index (χ4n) is 4.52. The molecular formula is C26H24N6O2. The van der Waals surface area contributed by atoms with E-state index in [-0.39, 0.29) is 5.91 Å². The normalized spacial score (nSPS) is 14.6. The predicted octanol–water partition coefficient (Wildman–Crippen LogP) is 4.19. The number of ether oxygens (including phenoxy) is 1. The Morgan fingerprint density at radius 3 is 2.82 bits per heavy atom. The van der Waals surface area contributed by atoms with Crippen molar-refractivity contribution < 1.29 is 9.53 Å². The molecule has 1 aliphatic heterocycles. The SMILES string of the molecule is O=C(Nc1cc(-c2cccc3[nH]ccc23)cc2[nH]ncc12)c1cccc(CN2CCOCC2)n1. The van der Waals surface area contributed by atoms with E-state index in [1.54, 1.807) is 12.3 Å². The van der Waals surface area contributed by atoms with Gasteiger partial charge in [0.25, 0.3) is 5.91 Å². The van der Waals surface area contributed by atoms with Crippen molar-refractivity contribution in [3.8, 4) is 11.1 Å². The summed E-state index contributed by atoms with van der Waals surface area (Å²) in [5, 5.41) is 12.3. The van der Waals surface area contributed by atoms with Crippen molar-refractivity contribution in [2.75, 3.05) is 31.6 Å². The molecule has 0 saturated carbocycles. The van der Waals surface area contributed by atoms with Crippen molar-refractivity contribution in [1.29, 1.82) is 0 Å². The Kier molecular flexibility index (Phi) is 5.29. The van der Waals surface area contributed by atoms with Crippen LogP contribution in [0, 0.1) is 0 Å². The minimum Gasteiger partial charge on any atom is -0.379 e. The predicted molar refractivity (Wildman–Crippen MR) is 132 cm³/mol. The van der Waals surface area contributed by atoms with Gasteiger partial charge in [0, 0.05) is 42.1 Å². The largest absolute Gasteiger partial charge is 0.379 e. The van der Waals surface area contributed by atoms with Crippen molar-refractivity contribution in [3.63, 3.8) is 0 Å². The maximum atomic E-state index is 13.2. The van der Waals surface area contributed by atoms with Crippen LogP contribution >= 0.6 is 0 Å². The van der Waals surface area contributed by atoms with Gasteiger partial charge in [-0.2, -0.15) is 5.10 Å². The fraction of sp³-hybridized carbons (Fsp3) is 0.192. The molecule has 0 aliphatic carbocycles. The van der Waals surface area contributed by atoms with Crippen LogP contribution in [0.1, 0.15) is 16.2 Å². The molecule has 5 aromatic rings. The zero-order chi connectivity index (χ0) is 22.9. The number of nitrogens with zero attached hydrogens (tertiary/aromatic N) is 3. The Bertz CT molecular complexity index is 1480. The Morgan fingerprint density at radius 1 is 1.03 bits per heavy atom. The molecule has 34 heavy (non-hydrogen) atoms. The number of nitrogens with one attached hydrogen (secondary N) is 3. The van der Waals surface area contributed by atoms with E-state index in [0.29, 0.717) is 17.9 Å². The lowest BCUT2D eigenvalue weighted by molar-refractivity contribution is 0.0336. The number of aromatic nitrogens is 4. The van der Waals surface area contributed by atoms with Crippen LogP contribution in [0.3, 0.4) is 0 Å². The highest BCUT2D eigenvalue weighted by atomic mass is 16.5. The fourth-order valence-corrected chi connectivity index (χ4v) is 4.52. The Hall–Kier alpha value is -4.01. The van der Waals surface area contributed by atoms with Crippen LogP contribution in [0.25, 0.3) is 32.9 Å². The lowest BCUT2D eigenvalue weighted by Gasteiger charge is -2.26. The van der Waals surface area contributed by atoms with Crippen molar-refractivity contribution in [3.05, 3.63) is 78.4 Å². The first-order chi connectivity index (χ1) is 16.7. The van der Waals surface area contributed by atoms with Gasteiger partial charge in [0.1, 0.15) is 5.69 Å². The van der Waals surface area contributed by atoms with Gasteiger partial charge in [0.15, 0.2) is 0 Å². The van der Waals surface area contributed by atoms with E-state index in [2.05, 4.69) is 48.6 Å². The van der Waals surface area contributed by atoms with E-state index >= 15 is 0 Å². The van der Waals surface area contributed by atoms with E-state index in [9.17, 15) is 4.79 Å². The third-order valence-corrected chi connectivity index (χ3v) is 6.24. The number of aromatic amines is 2. The summed E-state index contributed by atoms with van der Waals surface area (Å²) in [7, 11) is 0. The molecule has 1 saturated heterocycles. The maximum absolute atomic E-state index is 13.2. The monoisotopic (exact) mass is 452 g/mol. The molecule has 6 rings (SSSR count). The number of hydrogen-bond acceptors (Lipinski definition) is 5. The number of hydrogen-bond donors (Lipinski definition) is 3. The molecule has 2 aromatic carbocycles. The summed E-state index contributed by atoms with van der Waals surface area (Å²) in [6.45, 7) is 3.91. The molecular weight excluding hydrogens is 428 g/mol. The molecule has 1 fully saturated rings. The number of morpholine rings is 1. The molecule has 0 bridgehead atoms. The Labute approximate surface area is 196 Å². The molecule has 0 spiro atoms. The molecule has 3 aromatic heterocycles. The summed E-state index contributed by atoms with van der Waals surface area (Å²) in [5.74, 6) is -0.247. The third-order valence-electron chi connectivity index (χ3n) is 6.24. The summed E-state index contributed by atoms with van der Waals surface area (Å²) in [6.07, 6.45) is 3.66. The highest BCUT2D eigenvalue weighted by Gasteiger charge is 2.16. The minimum absolute atomic E-state index is 0.247. The van der Waals surface area contributed by atoms with Crippen LogP contribution in [0.4, 0.5) is 5.69 Å². The van der Waals surface area contributed by atoms with Crippen LogP contribution in [0.2, 0.25) is 0 Å². The summed E-state index contributed by atoms with van der Waals surface area (Å²) in [5.41, 5.74) is 5.95. The second-order valence-corrected chi connectivity index (χ2v) is 8.46. The first-order valence-electron chi connectivity index (χ1n) is 11.4. The van der Waals surface area contributed by atoms with E-state index < -0.39 is 0 Å². The van der Waals surface area contributed by atoms with Crippen LogP contribution in [0.5, 0.6) is 0 Å². The van der Waals surface area contributed by atoms with E-state index in [1.165, 1.54) is 0 Å². The molecule has 1 amide bonds. The van der Waals surface area contributed by atoms with Crippen molar-refractivity contribution in [1.82, 2.24) is 25.1 Å². The smallest absolute Gasteiger partial charge is 0.274 e. The Balaban J connectivity index is 1.31. The summed E-state index contributed by atoms with van der Waals surface area (Å²) in [4.78, 5) is 23.4. The average molecular weight is 453 g/mol. The molecule has 0 unspecified atom stereocenters. The first kappa shape index (κ1) is 20.6. The lowest BCUT2D eigenvalue weighted by Crippen LogP contribution is -2.36. The second-order valence-electron chi connectivity index (χ2n) is 8.46. The zero-order valence-electron chi connectivity index (χ0n) is 18.5. The summed E-state index contributed by atoms with van der Waals surface area (Å²) < 4.78 is 5.42.